The molecule has 29 heavy (non-hydrogen) atoms. The molecule has 4 nitrogen and oxygen atoms in total. The summed E-state index contributed by atoms with van der Waals surface area (Å²) < 4.78 is 14.0. The third-order valence-corrected chi connectivity index (χ3v) is 5.74. The van der Waals surface area contributed by atoms with Crippen molar-refractivity contribution in [2.24, 2.45) is 5.92 Å². The molecule has 0 bridgehead atoms. The van der Waals surface area contributed by atoms with E-state index in [1.165, 1.54) is 24.9 Å². The lowest BCUT2D eigenvalue weighted by Crippen LogP contribution is -2.29. The zero-order chi connectivity index (χ0) is 20.2. The molecule has 1 aromatic heterocycles. The first-order chi connectivity index (χ1) is 14.1. The Balaban J connectivity index is 1.49. The first-order valence-electron chi connectivity index (χ1n) is 10.8. The monoisotopic (exact) mass is 394 g/mol. The van der Waals surface area contributed by atoms with Crippen LogP contribution in [0.5, 0.6) is 0 Å². The Bertz CT molecular complexity index is 854. The molecule has 2 aromatic rings. The van der Waals surface area contributed by atoms with Crippen LogP contribution in [0.4, 0.5) is 27.3 Å². The summed E-state index contributed by atoms with van der Waals surface area (Å²) in [5.41, 5.74) is 4.21. The van der Waals surface area contributed by atoms with E-state index in [0.29, 0.717) is 12.5 Å². The average Bonchev–Trinajstić information content (AvgIpc) is 2.73. The summed E-state index contributed by atoms with van der Waals surface area (Å²) in [5, 5.41) is 3.41. The fourth-order valence-electron chi connectivity index (χ4n) is 4.06. The summed E-state index contributed by atoms with van der Waals surface area (Å²) in [7, 11) is 0. The van der Waals surface area contributed by atoms with E-state index in [1.807, 2.05) is 6.07 Å². The van der Waals surface area contributed by atoms with Crippen LogP contribution in [0, 0.1) is 5.92 Å². The summed E-state index contributed by atoms with van der Waals surface area (Å²) in [6.45, 7) is 7.88. The number of anilines is 4. The van der Waals surface area contributed by atoms with Crippen LogP contribution in [0.2, 0.25) is 0 Å². The average molecular weight is 395 g/mol. The van der Waals surface area contributed by atoms with Crippen molar-refractivity contribution < 1.29 is 4.39 Å². The van der Waals surface area contributed by atoms with Crippen molar-refractivity contribution in [3.8, 4) is 0 Å². The van der Waals surface area contributed by atoms with E-state index in [1.54, 1.807) is 12.3 Å². The van der Waals surface area contributed by atoms with Gasteiger partial charge >= 0.3 is 0 Å². The minimum Gasteiger partial charge on any atom is -0.372 e. The lowest BCUT2D eigenvalue weighted by atomic mass is 10.1. The molecule has 1 fully saturated rings. The molecule has 1 saturated heterocycles. The van der Waals surface area contributed by atoms with Gasteiger partial charge in [-0.15, -0.1) is 0 Å². The van der Waals surface area contributed by atoms with Gasteiger partial charge in [-0.1, -0.05) is 13.8 Å². The van der Waals surface area contributed by atoms with Crippen LogP contribution >= 0.6 is 0 Å². The minimum absolute atomic E-state index is 0.0999. The van der Waals surface area contributed by atoms with Gasteiger partial charge in [0.15, 0.2) is 0 Å². The Morgan fingerprint density at radius 1 is 1.10 bits per heavy atom. The molecule has 0 spiro atoms. The number of nitrogens with zero attached hydrogens (tertiary/aromatic N) is 3. The van der Waals surface area contributed by atoms with Crippen LogP contribution in [0.25, 0.3) is 6.08 Å². The van der Waals surface area contributed by atoms with Crippen LogP contribution in [0.3, 0.4) is 0 Å². The Kier molecular flexibility index (Phi) is 6.02. The summed E-state index contributed by atoms with van der Waals surface area (Å²) in [4.78, 5) is 9.08. The van der Waals surface area contributed by atoms with Gasteiger partial charge in [0.05, 0.1) is 6.54 Å². The second-order valence-corrected chi connectivity index (χ2v) is 8.54. The molecule has 4 rings (SSSR count). The quantitative estimate of drug-likeness (QED) is 0.652. The second kappa shape index (κ2) is 8.85. The van der Waals surface area contributed by atoms with Crippen LogP contribution in [-0.4, -0.2) is 31.2 Å². The van der Waals surface area contributed by atoms with Gasteiger partial charge in [-0.25, -0.2) is 9.37 Å². The Labute approximate surface area is 173 Å². The highest BCUT2D eigenvalue weighted by molar-refractivity contribution is 5.75. The lowest BCUT2D eigenvalue weighted by molar-refractivity contribution is 0.552. The maximum absolute atomic E-state index is 14.0. The van der Waals surface area contributed by atoms with E-state index in [9.17, 15) is 4.39 Å². The van der Waals surface area contributed by atoms with Crippen molar-refractivity contribution in [3.05, 3.63) is 47.9 Å². The van der Waals surface area contributed by atoms with E-state index < -0.39 is 0 Å². The molecule has 5 heteroatoms. The molecule has 0 aliphatic carbocycles. The SMILES string of the molecule is CC(C)CCN1CC(F)=Cc2cnc(Nc3ccc(N4CCCCC4)cc3)cc21. The van der Waals surface area contributed by atoms with Crippen molar-refractivity contribution in [2.75, 3.05) is 41.3 Å². The molecule has 1 N–H and O–H groups in total. The third kappa shape index (κ3) is 4.89. The zero-order valence-corrected chi connectivity index (χ0v) is 17.5. The van der Waals surface area contributed by atoms with Crippen LogP contribution < -0.4 is 15.1 Å². The number of fused-ring (bicyclic) bond motifs is 1. The molecule has 0 saturated carbocycles. The van der Waals surface area contributed by atoms with E-state index in [2.05, 4.69) is 58.2 Å². The van der Waals surface area contributed by atoms with Gasteiger partial charge in [-0.05, 0) is 61.9 Å². The number of nitrogens with one attached hydrogen (secondary N) is 1. The van der Waals surface area contributed by atoms with Crippen LogP contribution in [0.1, 0.15) is 45.1 Å². The second-order valence-electron chi connectivity index (χ2n) is 8.54. The zero-order valence-electron chi connectivity index (χ0n) is 17.5. The first kappa shape index (κ1) is 19.7. The van der Waals surface area contributed by atoms with Crippen LogP contribution in [0.15, 0.2) is 42.4 Å². The van der Waals surface area contributed by atoms with Gasteiger partial charge in [0.1, 0.15) is 11.6 Å². The molecule has 154 valence electrons. The maximum atomic E-state index is 14.0. The van der Waals surface area contributed by atoms with Gasteiger partial charge in [-0.3, -0.25) is 0 Å². The fourth-order valence-corrected chi connectivity index (χ4v) is 4.06. The molecule has 0 amide bonds. The Morgan fingerprint density at radius 3 is 2.59 bits per heavy atom. The molecule has 2 aliphatic heterocycles. The van der Waals surface area contributed by atoms with E-state index in [-0.39, 0.29) is 5.83 Å². The smallest absolute Gasteiger partial charge is 0.132 e. The van der Waals surface area contributed by atoms with E-state index in [0.717, 1.165) is 48.8 Å². The normalized spacial score (nSPS) is 16.6. The number of halogens is 1. The number of aromatic nitrogens is 1. The summed E-state index contributed by atoms with van der Waals surface area (Å²) >= 11 is 0. The summed E-state index contributed by atoms with van der Waals surface area (Å²) in [6, 6.07) is 10.6. The molecule has 0 atom stereocenters. The summed E-state index contributed by atoms with van der Waals surface area (Å²) in [5.74, 6) is 1.28. The molecular formula is C24H31FN4. The van der Waals surface area contributed by atoms with Crippen molar-refractivity contribution in [3.63, 3.8) is 0 Å². The molecule has 2 aliphatic rings. The van der Waals surface area contributed by atoms with Crippen molar-refractivity contribution in [1.29, 1.82) is 0 Å². The molecular weight excluding hydrogens is 363 g/mol. The van der Waals surface area contributed by atoms with Crippen molar-refractivity contribution in [2.45, 2.75) is 39.5 Å². The number of piperidine rings is 1. The predicted octanol–water partition coefficient (Wildman–Crippen LogP) is 5.99. The van der Waals surface area contributed by atoms with Crippen molar-refractivity contribution >= 4 is 29.0 Å². The highest BCUT2D eigenvalue weighted by Gasteiger charge is 2.19. The highest BCUT2D eigenvalue weighted by Crippen LogP contribution is 2.32. The van der Waals surface area contributed by atoms with Gasteiger partial charge in [0.25, 0.3) is 0 Å². The predicted molar refractivity (Wildman–Crippen MR) is 121 cm³/mol. The topological polar surface area (TPSA) is 31.4 Å². The molecule has 0 unspecified atom stereocenters. The fraction of sp³-hybridized carbons (Fsp3) is 0.458. The van der Waals surface area contributed by atoms with E-state index >= 15 is 0 Å². The largest absolute Gasteiger partial charge is 0.372 e. The lowest BCUT2D eigenvalue weighted by Gasteiger charge is -2.30. The van der Waals surface area contributed by atoms with Crippen molar-refractivity contribution in [1.82, 2.24) is 4.98 Å². The van der Waals surface area contributed by atoms with E-state index in [4.69, 9.17) is 0 Å². The van der Waals surface area contributed by atoms with Gasteiger partial charge < -0.3 is 15.1 Å². The number of benzene rings is 1. The minimum atomic E-state index is -0.0999. The number of pyridine rings is 1. The number of rotatable bonds is 6. The Morgan fingerprint density at radius 2 is 1.86 bits per heavy atom. The first-order valence-corrected chi connectivity index (χ1v) is 10.8. The van der Waals surface area contributed by atoms with Gasteiger partial charge in [-0.2, -0.15) is 0 Å². The Hall–Kier alpha value is -2.56. The highest BCUT2D eigenvalue weighted by atomic mass is 19.1. The molecule has 3 heterocycles. The van der Waals surface area contributed by atoms with Crippen LogP contribution in [-0.2, 0) is 0 Å². The molecule has 1 aromatic carbocycles. The standard InChI is InChI=1S/C24H31FN4/c1-18(2)10-13-29-17-20(25)14-19-16-26-24(15-23(19)29)27-21-6-8-22(9-7-21)28-11-4-3-5-12-28/h6-9,14-16,18H,3-5,10-13,17H2,1-2H3,(H,26,27). The third-order valence-electron chi connectivity index (χ3n) is 5.74. The van der Waals surface area contributed by atoms with Gasteiger partial charge in [0, 0.05) is 54.5 Å². The van der Waals surface area contributed by atoms with Gasteiger partial charge in [0.2, 0.25) is 0 Å². The molecule has 0 radical (unpaired) electrons. The number of hydrogen-bond donors (Lipinski definition) is 1. The number of hydrogen-bond acceptors (Lipinski definition) is 4. The summed E-state index contributed by atoms with van der Waals surface area (Å²) in [6.07, 6.45) is 8.30. The maximum Gasteiger partial charge on any atom is 0.132 e.